The van der Waals surface area contributed by atoms with Crippen LogP contribution in [0.4, 0.5) is 0 Å². The predicted octanol–water partition coefficient (Wildman–Crippen LogP) is 2.98. The van der Waals surface area contributed by atoms with Gasteiger partial charge in [0.15, 0.2) is 0 Å². The summed E-state index contributed by atoms with van der Waals surface area (Å²) in [5.41, 5.74) is 7.42. The number of fused-ring (bicyclic) bond motifs is 1. The summed E-state index contributed by atoms with van der Waals surface area (Å²) in [4.78, 5) is 7.15. The summed E-state index contributed by atoms with van der Waals surface area (Å²) in [7, 11) is 0. The van der Waals surface area contributed by atoms with Gasteiger partial charge in [0, 0.05) is 18.8 Å². The van der Waals surface area contributed by atoms with Crippen LogP contribution in [0.1, 0.15) is 50.8 Å². The van der Waals surface area contributed by atoms with Crippen molar-refractivity contribution in [3.63, 3.8) is 0 Å². The van der Waals surface area contributed by atoms with Gasteiger partial charge in [-0.05, 0) is 50.3 Å². The highest BCUT2D eigenvalue weighted by molar-refractivity contribution is 5.11. The Labute approximate surface area is 122 Å². The van der Waals surface area contributed by atoms with E-state index < -0.39 is 0 Å². The molecule has 1 saturated heterocycles. The molecule has 2 heterocycles. The van der Waals surface area contributed by atoms with Gasteiger partial charge in [-0.15, -0.1) is 0 Å². The summed E-state index contributed by atoms with van der Waals surface area (Å²) < 4.78 is 0. The molecule has 1 saturated carbocycles. The van der Waals surface area contributed by atoms with Gasteiger partial charge in [0.1, 0.15) is 0 Å². The standard InChI is InChI=1S/C17H27N3/c1-13(18)17(16-8-4-5-10-19-16)20-11-9-14-6-2-3-7-15(14)12-20/h4-5,8,10,13-15,17H,2-3,6-7,9,11-12,18H2,1H3. The maximum atomic E-state index is 6.29. The molecule has 2 aliphatic rings. The Morgan fingerprint density at radius 3 is 2.70 bits per heavy atom. The molecule has 1 aliphatic heterocycles. The van der Waals surface area contributed by atoms with Crippen molar-refractivity contribution in [2.24, 2.45) is 17.6 Å². The van der Waals surface area contributed by atoms with Gasteiger partial charge >= 0.3 is 0 Å². The lowest BCUT2D eigenvalue weighted by atomic mass is 9.74. The SMILES string of the molecule is CC(N)C(c1ccccn1)N1CCC2CCCCC2C1. The summed E-state index contributed by atoms with van der Waals surface area (Å²) in [6.07, 6.45) is 8.96. The number of aromatic nitrogens is 1. The smallest absolute Gasteiger partial charge is 0.0671 e. The average Bonchev–Trinajstić information content (AvgIpc) is 2.48. The Bertz CT molecular complexity index is 418. The molecule has 2 fully saturated rings. The fourth-order valence-electron chi connectivity index (χ4n) is 4.22. The van der Waals surface area contributed by atoms with Crippen molar-refractivity contribution in [3.8, 4) is 0 Å². The van der Waals surface area contributed by atoms with E-state index in [0.717, 1.165) is 17.5 Å². The van der Waals surface area contributed by atoms with Gasteiger partial charge in [-0.2, -0.15) is 0 Å². The molecule has 1 aromatic rings. The van der Waals surface area contributed by atoms with E-state index in [9.17, 15) is 0 Å². The Morgan fingerprint density at radius 1 is 1.20 bits per heavy atom. The minimum Gasteiger partial charge on any atom is -0.326 e. The number of pyridine rings is 1. The number of nitrogens with zero attached hydrogens (tertiary/aromatic N) is 2. The number of hydrogen-bond donors (Lipinski definition) is 1. The zero-order valence-electron chi connectivity index (χ0n) is 12.5. The van der Waals surface area contributed by atoms with E-state index in [-0.39, 0.29) is 12.1 Å². The molecule has 110 valence electrons. The third-order valence-corrected chi connectivity index (χ3v) is 5.20. The van der Waals surface area contributed by atoms with E-state index in [2.05, 4.69) is 28.9 Å². The van der Waals surface area contributed by atoms with Crippen LogP contribution in [0.5, 0.6) is 0 Å². The normalized spacial score (nSPS) is 30.5. The van der Waals surface area contributed by atoms with Crippen LogP contribution < -0.4 is 5.73 Å². The van der Waals surface area contributed by atoms with Crippen molar-refractivity contribution in [1.82, 2.24) is 9.88 Å². The Morgan fingerprint density at radius 2 is 2.00 bits per heavy atom. The number of likely N-dealkylation sites (tertiary alicyclic amines) is 1. The van der Waals surface area contributed by atoms with E-state index in [4.69, 9.17) is 5.73 Å². The largest absolute Gasteiger partial charge is 0.326 e. The number of nitrogens with two attached hydrogens (primary N) is 1. The van der Waals surface area contributed by atoms with Crippen LogP contribution >= 0.6 is 0 Å². The van der Waals surface area contributed by atoms with E-state index in [1.807, 2.05) is 12.3 Å². The van der Waals surface area contributed by atoms with Crippen molar-refractivity contribution >= 4 is 0 Å². The van der Waals surface area contributed by atoms with Crippen molar-refractivity contribution in [1.29, 1.82) is 0 Å². The third-order valence-electron chi connectivity index (χ3n) is 5.20. The molecule has 20 heavy (non-hydrogen) atoms. The van der Waals surface area contributed by atoms with Gasteiger partial charge in [0.2, 0.25) is 0 Å². The highest BCUT2D eigenvalue weighted by atomic mass is 15.2. The Kier molecular flexibility index (Phi) is 4.37. The quantitative estimate of drug-likeness (QED) is 0.920. The van der Waals surface area contributed by atoms with Gasteiger partial charge < -0.3 is 5.73 Å². The van der Waals surface area contributed by atoms with Gasteiger partial charge in [-0.3, -0.25) is 9.88 Å². The lowest BCUT2D eigenvalue weighted by Gasteiger charge is -2.45. The molecular formula is C17H27N3. The van der Waals surface area contributed by atoms with Crippen molar-refractivity contribution in [3.05, 3.63) is 30.1 Å². The van der Waals surface area contributed by atoms with Crippen LogP contribution in [0.15, 0.2) is 24.4 Å². The fraction of sp³-hybridized carbons (Fsp3) is 0.706. The first-order chi connectivity index (χ1) is 9.75. The zero-order valence-corrected chi connectivity index (χ0v) is 12.5. The van der Waals surface area contributed by atoms with Gasteiger partial charge in [0.25, 0.3) is 0 Å². The minimum atomic E-state index is 0.130. The second-order valence-electron chi connectivity index (χ2n) is 6.65. The third kappa shape index (κ3) is 2.89. The second-order valence-corrected chi connectivity index (χ2v) is 6.65. The first-order valence-electron chi connectivity index (χ1n) is 8.16. The van der Waals surface area contributed by atoms with Gasteiger partial charge in [0.05, 0.1) is 11.7 Å². The molecule has 3 heteroatoms. The second kappa shape index (κ2) is 6.23. The summed E-state index contributed by atoms with van der Waals surface area (Å²) in [5, 5.41) is 0. The lowest BCUT2D eigenvalue weighted by Crippen LogP contribution is -2.48. The molecule has 2 N–H and O–H groups in total. The summed E-state index contributed by atoms with van der Waals surface area (Å²) in [6.45, 7) is 4.52. The number of rotatable bonds is 3. The van der Waals surface area contributed by atoms with Gasteiger partial charge in [-0.1, -0.05) is 25.3 Å². The highest BCUT2D eigenvalue weighted by Crippen LogP contribution is 2.38. The zero-order chi connectivity index (χ0) is 13.9. The molecule has 1 aromatic heterocycles. The molecular weight excluding hydrogens is 246 g/mol. The maximum absolute atomic E-state index is 6.29. The molecule has 0 radical (unpaired) electrons. The van der Waals surface area contributed by atoms with E-state index in [0.29, 0.717) is 0 Å². The van der Waals surface area contributed by atoms with Crippen LogP contribution in [0.2, 0.25) is 0 Å². The van der Waals surface area contributed by atoms with E-state index >= 15 is 0 Å². The molecule has 0 amide bonds. The van der Waals surface area contributed by atoms with Gasteiger partial charge in [-0.25, -0.2) is 0 Å². The summed E-state index contributed by atoms with van der Waals surface area (Å²) in [5.74, 6) is 1.86. The van der Waals surface area contributed by atoms with Crippen LogP contribution in [-0.4, -0.2) is 29.0 Å². The molecule has 3 nitrogen and oxygen atoms in total. The molecule has 0 bridgehead atoms. The maximum Gasteiger partial charge on any atom is 0.0671 e. The first kappa shape index (κ1) is 14.0. The van der Waals surface area contributed by atoms with Crippen LogP contribution in [-0.2, 0) is 0 Å². The van der Waals surface area contributed by atoms with Crippen LogP contribution in [0.3, 0.4) is 0 Å². The number of hydrogen-bond acceptors (Lipinski definition) is 3. The molecule has 4 atom stereocenters. The molecule has 0 spiro atoms. The fourth-order valence-corrected chi connectivity index (χ4v) is 4.22. The Hall–Kier alpha value is -0.930. The topological polar surface area (TPSA) is 42.1 Å². The van der Waals surface area contributed by atoms with Crippen molar-refractivity contribution in [2.75, 3.05) is 13.1 Å². The Balaban J connectivity index is 1.75. The first-order valence-corrected chi connectivity index (χ1v) is 8.16. The minimum absolute atomic E-state index is 0.130. The van der Waals surface area contributed by atoms with E-state index in [1.54, 1.807) is 0 Å². The predicted molar refractivity (Wildman–Crippen MR) is 82.3 cm³/mol. The molecule has 1 aliphatic carbocycles. The molecule has 3 rings (SSSR count). The van der Waals surface area contributed by atoms with Crippen molar-refractivity contribution < 1.29 is 0 Å². The average molecular weight is 273 g/mol. The summed E-state index contributed by atoms with van der Waals surface area (Å²) >= 11 is 0. The summed E-state index contributed by atoms with van der Waals surface area (Å²) in [6, 6.07) is 6.59. The number of piperidine rings is 1. The lowest BCUT2D eigenvalue weighted by molar-refractivity contribution is 0.0480. The van der Waals surface area contributed by atoms with Crippen LogP contribution in [0, 0.1) is 11.8 Å². The molecule has 4 unspecified atom stereocenters. The van der Waals surface area contributed by atoms with E-state index in [1.165, 1.54) is 45.2 Å². The van der Waals surface area contributed by atoms with Crippen molar-refractivity contribution in [2.45, 2.75) is 51.1 Å². The molecule has 0 aromatic carbocycles. The monoisotopic (exact) mass is 273 g/mol. The highest BCUT2D eigenvalue weighted by Gasteiger charge is 2.35. The van der Waals surface area contributed by atoms with Crippen LogP contribution in [0.25, 0.3) is 0 Å².